The molecular formula is C27H26Cl2N4OS. The number of aryl methyl sites for hydroxylation is 1. The van der Waals surface area contributed by atoms with Gasteiger partial charge in [-0.15, -0.1) is 11.3 Å². The zero-order valence-corrected chi connectivity index (χ0v) is 21.8. The molecule has 1 fully saturated rings. The summed E-state index contributed by atoms with van der Waals surface area (Å²) in [7, 11) is 0. The molecule has 1 aliphatic rings. The number of aromatic nitrogens is 1. The van der Waals surface area contributed by atoms with Crippen LogP contribution in [-0.4, -0.2) is 53.4 Å². The molecule has 0 unspecified atom stereocenters. The number of nitrogens with zero attached hydrogens (tertiary/aromatic N) is 3. The van der Waals surface area contributed by atoms with Gasteiger partial charge in [-0.2, -0.15) is 0 Å². The van der Waals surface area contributed by atoms with Crippen LogP contribution in [0.3, 0.4) is 0 Å². The Kier molecular flexibility index (Phi) is 7.37. The van der Waals surface area contributed by atoms with E-state index in [0.29, 0.717) is 16.6 Å². The molecule has 4 aromatic rings. The third-order valence-electron chi connectivity index (χ3n) is 6.18. The number of hydrogen-bond donors (Lipinski definition) is 1. The van der Waals surface area contributed by atoms with Crippen molar-refractivity contribution in [3.05, 3.63) is 81.8 Å². The minimum atomic E-state index is 0.00569. The predicted molar refractivity (Wildman–Crippen MR) is 147 cm³/mol. The minimum absolute atomic E-state index is 0.00569. The summed E-state index contributed by atoms with van der Waals surface area (Å²) in [5, 5.41) is 5.18. The number of piperazine rings is 1. The van der Waals surface area contributed by atoms with Gasteiger partial charge in [-0.25, -0.2) is 4.98 Å². The fourth-order valence-corrected chi connectivity index (χ4v) is 5.65. The average molecular weight is 526 g/mol. The van der Waals surface area contributed by atoms with Crippen LogP contribution in [0.25, 0.3) is 20.8 Å². The van der Waals surface area contributed by atoms with Gasteiger partial charge >= 0.3 is 0 Å². The number of carbonyl (C=O) groups is 1. The molecule has 0 saturated carbocycles. The number of hydrogen-bond acceptors (Lipinski definition) is 5. The van der Waals surface area contributed by atoms with Crippen molar-refractivity contribution in [2.24, 2.45) is 0 Å². The Bertz CT molecular complexity index is 1350. The first-order chi connectivity index (χ1) is 16.9. The topological polar surface area (TPSA) is 48.5 Å². The number of thiazole rings is 1. The lowest BCUT2D eigenvalue weighted by atomic mass is 10.2. The number of benzene rings is 3. The van der Waals surface area contributed by atoms with Crippen molar-refractivity contribution in [3.8, 4) is 10.6 Å². The van der Waals surface area contributed by atoms with Gasteiger partial charge in [0.25, 0.3) is 0 Å². The van der Waals surface area contributed by atoms with E-state index < -0.39 is 0 Å². The van der Waals surface area contributed by atoms with Crippen molar-refractivity contribution in [1.29, 1.82) is 0 Å². The SMILES string of the molecule is Cc1ccc2nc(-c3ccc(NC(=O)CN4CCN(Cc5ccc(Cl)c(Cl)c5)CC4)cc3)sc2c1. The predicted octanol–water partition coefficient (Wildman–Crippen LogP) is 6.33. The Morgan fingerprint density at radius 1 is 0.943 bits per heavy atom. The van der Waals surface area contributed by atoms with Crippen LogP contribution in [0.2, 0.25) is 10.0 Å². The molecule has 0 spiro atoms. The van der Waals surface area contributed by atoms with E-state index in [1.807, 2.05) is 42.5 Å². The summed E-state index contributed by atoms with van der Waals surface area (Å²) in [6, 6.07) is 20.0. The molecule has 1 aliphatic heterocycles. The maximum atomic E-state index is 12.6. The van der Waals surface area contributed by atoms with Crippen molar-refractivity contribution < 1.29 is 4.79 Å². The maximum Gasteiger partial charge on any atom is 0.238 e. The lowest BCUT2D eigenvalue weighted by Crippen LogP contribution is -2.48. The van der Waals surface area contributed by atoms with Crippen LogP contribution < -0.4 is 5.32 Å². The summed E-state index contributed by atoms with van der Waals surface area (Å²) >= 11 is 13.8. The molecule has 0 atom stereocenters. The highest BCUT2D eigenvalue weighted by Gasteiger charge is 2.19. The van der Waals surface area contributed by atoms with Gasteiger partial charge in [0, 0.05) is 44.0 Å². The summed E-state index contributed by atoms with van der Waals surface area (Å²) in [6.07, 6.45) is 0. The molecule has 180 valence electrons. The summed E-state index contributed by atoms with van der Waals surface area (Å²) in [6.45, 7) is 6.83. The summed E-state index contributed by atoms with van der Waals surface area (Å²) in [5.74, 6) is 0.00569. The van der Waals surface area contributed by atoms with E-state index in [1.54, 1.807) is 11.3 Å². The summed E-state index contributed by atoms with van der Waals surface area (Å²) in [5.41, 5.74) is 5.26. The van der Waals surface area contributed by atoms with Crippen LogP contribution in [-0.2, 0) is 11.3 Å². The van der Waals surface area contributed by atoms with Crippen LogP contribution in [0.1, 0.15) is 11.1 Å². The third-order valence-corrected chi connectivity index (χ3v) is 7.99. The molecule has 5 rings (SSSR count). The molecule has 0 aliphatic carbocycles. The molecule has 1 aromatic heterocycles. The fourth-order valence-electron chi connectivity index (χ4n) is 4.26. The molecule has 3 aromatic carbocycles. The van der Waals surface area contributed by atoms with E-state index in [1.165, 1.54) is 10.3 Å². The Balaban J connectivity index is 1.11. The average Bonchev–Trinajstić information content (AvgIpc) is 3.26. The van der Waals surface area contributed by atoms with E-state index in [9.17, 15) is 4.79 Å². The number of nitrogens with one attached hydrogen (secondary N) is 1. The normalized spacial score (nSPS) is 14.9. The molecular weight excluding hydrogens is 499 g/mol. The molecule has 2 heterocycles. The minimum Gasteiger partial charge on any atom is -0.325 e. The van der Waals surface area contributed by atoms with Gasteiger partial charge in [-0.3, -0.25) is 14.6 Å². The van der Waals surface area contributed by atoms with Crippen LogP contribution in [0.15, 0.2) is 60.7 Å². The number of carbonyl (C=O) groups excluding carboxylic acids is 1. The van der Waals surface area contributed by atoms with E-state index in [-0.39, 0.29) is 5.91 Å². The van der Waals surface area contributed by atoms with Crippen molar-refractivity contribution in [2.75, 3.05) is 38.0 Å². The third kappa shape index (κ3) is 6.02. The second-order valence-electron chi connectivity index (χ2n) is 8.92. The fraction of sp³-hybridized carbons (Fsp3) is 0.259. The van der Waals surface area contributed by atoms with Crippen molar-refractivity contribution in [1.82, 2.24) is 14.8 Å². The number of anilines is 1. The van der Waals surface area contributed by atoms with Crippen LogP contribution in [0, 0.1) is 6.92 Å². The van der Waals surface area contributed by atoms with E-state index in [0.717, 1.165) is 60.1 Å². The van der Waals surface area contributed by atoms with Gasteiger partial charge < -0.3 is 5.32 Å². The Labute approximate surface area is 219 Å². The molecule has 1 amide bonds. The standard InChI is InChI=1S/C27H26Cl2N4OS/c1-18-2-9-24-25(14-18)35-27(31-24)20-4-6-21(7-5-20)30-26(34)17-33-12-10-32(11-13-33)16-19-3-8-22(28)23(29)15-19/h2-9,14-15H,10-13,16-17H2,1H3,(H,30,34). The Hall–Kier alpha value is -2.48. The van der Waals surface area contributed by atoms with E-state index in [2.05, 4.69) is 40.2 Å². The van der Waals surface area contributed by atoms with Gasteiger partial charge in [-0.05, 0) is 66.6 Å². The summed E-state index contributed by atoms with van der Waals surface area (Å²) < 4.78 is 1.19. The van der Waals surface area contributed by atoms with Crippen molar-refractivity contribution in [2.45, 2.75) is 13.5 Å². The highest BCUT2D eigenvalue weighted by Crippen LogP contribution is 2.31. The Morgan fingerprint density at radius 2 is 1.69 bits per heavy atom. The summed E-state index contributed by atoms with van der Waals surface area (Å²) in [4.78, 5) is 21.9. The van der Waals surface area contributed by atoms with Crippen LogP contribution in [0.5, 0.6) is 0 Å². The number of fused-ring (bicyclic) bond motifs is 1. The molecule has 1 N–H and O–H groups in total. The van der Waals surface area contributed by atoms with Gasteiger partial charge in [0.2, 0.25) is 5.91 Å². The first-order valence-corrected chi connectivity index (χ1v) is 13.2. The lowest BCUT2D eigenvalue weighted by molar-refractivity contribution is -0.117. The smallest absolute Gasteiger partial charge is 0.238 e. The van der Waals surface area contributed by atoms with E-state index >= 15 is 0 Å². The van der Waals surface area contributed by atoms with Gasteiger partial charge in [0.1, 0.15) is 5.01 Å². The second-order valence-corrected chi connectivity index (χ2v) is 10.8. The second kappa shape index (κ2) is 10.6. The van der Waals surface area contributed by atoms with Crippen molar-refractivity contribution >= 4 is 56.3 Å². The number of amides is 1. The molecule has 5 nitrogen and oxygen atoms in total. The van der Waals surface area contributed by atoms with Gasteiger partial charge in [0.15, 0.2) is 0 Å². The van der Waals surface area contributed by atoms with Gasteiger partial charge in [0.05, 0.1) is 26.8 Å². The molecule has 8 heteroatoms. The highest BCUT2D eigenvalue weighted by atomic mass is 35.5. The quantitative estimate of drug-likeness (QED) is 0.320. The first kappa shape index (κ1) is 24.2. The molecule has 0 bridgehead atoms. The molecule has 0 radical (unpaired) electrons. The molecule has 35 heavy (non-hydrogen) atoms. The largest absolute Gasteiger partial charge is 0.325 e. The zero-order chi connectivity index (χ0) is 24.4. The van der Waals surface area contributed by atoms with Crippen molar-refractivity contribution in [3.63, 3.8) is 0 Å². The lowest BCUT2D eigenvalue weighted by Gasteiger charge is -2.34. The van der Waals surface area contributed by atoms with Crippen LogP contribution in [0.4, 0.5) is 5.69 Å². The first-order valence-electron chi connectivity index (χ1n) is 11.6. The van der Waals surface area contributed by atoms with E-state index in [4.69, 9.17) is 28.2 Å². The molecule has 1 saturated heterocycles. The number of rotatable bonds is 6. The zero-order valence-electron chi connectivity index (χ0n) is 19.4. The van der Waals surface area contributed by atoms with Gasteiger partial charge in [-0.1, -0.05) is 35.3 Å². The van der Waals surface area contributed by atoms with Crippen LogP contribution >= 0.6 is 34.5 Å². The number of halogens is 2. The monoisotopic (exact) mass is 524 g/mol. The Morgan fingerprint density at radius 3 is 2.43 bits per heavy atom. The highest BCUT2D eigenvalue weighted by molar-refractivity contribution is 7.21. The maximum absolute atomic E-state index is 12.6.